The van der Waals surface area contributed by atoms with Crippen molar-refractivity contribution in [3.05, 3.63) is 113 Å². The van der Waals surface area contributed by atoms with Gasteiger partial charge in [-0.25, -0.2) is 9.69 Å². The molecule has 0 saturated carbocycles. The maximum atomic E-state index is 14.5. The summed E-state index contributed by atoms with van der Waals surface area (Å²) in [5, 5.41) is 8.82. The van der Waals surface area contributed by atoms with Crippen molar-refractivity contribution in [1.29, 1.82) is 0 Å². The van der Waals surface area contributed by atoms with Gasteiger partial charge in [0.25, 0.3) is 0 Å². The summed E-state index contributed by atoms with van der Waals surface area (Å²) in [6.45, 7) is 5.66. The standard InChI is InChI=1S/C40H45NO10/c1-27-12-10-17-32(24-27)33(35(44)18-11-20-48-22-23-49-21-19-42)26-36(45)38(50-29(3)43)34(25-30-13-6-4-7-14-30)39(46)41-28(2)37(51-40(41)47)31-15-8-5-9-16-31/h4-10,12-17,24,26,28,34,37-38,42H,11,18-23,25H2,1-3H3. The SMILES string of the molecule is CC(=O)OC(C(=O)C=C(C(=O)CCCOCCOCCO)c1cccc(C)c1)C(Cc1ccccc1)C(=O)N1C(=O)OC(c2ccccc2)C1C. The van der Waals surface area contributed by atoms with E-state index in [4.69, 9.17) is 24.1 Å². The molecule has 2 amide bonds. The zero-order valence-corrected chi connectivity index (χ0v) is 29.2. The highest BCUT2D eigenvalue weighted by molar-refractivity contribution is 6.25. The first-order valence-electron chi connectivity index (χ1n) is 17.0. The van der Waals surface area contributed by atoms with Crippen LogP contribution in [0.3, 0.4) is 0 Å². The van der Waals surface area contributed by atoms with E-state index in [-0.39, 0.29) is 44.0 Å². The number of allylic oxidation sites excluding steroid dienone is 1. The van der Waals surface area contributed by atoms with Gasteiger partial charge in [0, 0.05) is 25.5 Å². The van der Waals surface area contributed by atoms with Gasteiger partial charge in [-0.05, 0) is 49.5 Å². The molecular weight excluding hydrogens is 654 g/mol. The summed E-state index contributed by atoms with van der Waals surface area (Å²) >= 11 is 0. The Balaban J connectivity index is 1.66. The van der Waals surface area contributed by atoms with Gasteiger partial charge in [0.15, 0.2) is 17.7 Å². The number of cyclic esters (lactones) is 1. The molecule has 3 aromatic carbocycles. The Morgan fingerprint density at radius 2 is 1.57 bits per heavy atom. The molecule has 0 aromatic heterocycles. The molecule has 1 fully saturated rings. The summed E-state index contributed by atoms with van der Waals surface area (Å²) in [6.07, 6.45) is -1.79. The van der Waals surface area contributed by atoms with E-state index in [1.807, 2.05) is 19.1 Å². The summed E-state index contributed by atoms with van der Waals surface area (Å²) in [5.74, 6) is -4.01. The third-order valence-electron chi connectivity index (χ3n) is 8.41. The number of hydrogen-bond donors (Lipinski definition) is 1. The number of Topliss-reactive ketones (excluding diaryl/α,β-unsaturated/α-hetero) is 1. The molecule has 1 aliphatic rings. The number of ether oxygens (including phenoxy) is 4. The van der Waals surface area contributed by atoms with E-state index in [2.05, 4.69) is 0 Å². The number of nitrogens with zero attached hydrogens (tertiary/aromatic N) is 1. The van der Waals surface area contributed by atoms with Crippen molar-refractivity contribution in [2.24, 2.45) is 5.92 Å². The van der Waals surface area contributed by atoms with Gasteiger partial charge in [-0.15, -0.1) is 0 Å². The minimum Gasteiger partial charge on any atom is -0.453 e. The lowest BCUT2D eigenvalue weighted by Gasteiger charge is -2.29. The molecule has 1 heterocycles. The maximum absolute atomic E-state index is 14.5. The van der Waals surface area contributed by atoms with Crippen LogP contribution in [-0.4, -0.2) is 84.7 Å². The van der Waals surface area contributed by atoms with Crippen LogP contribution in [0.5, 0.6) is 0 Å². The summed E-state index contributed by atoms with van der Waals surface area (Å²) in [6, 6.07) is 24.3. The number of aryl methyl sites for hydroxylation is 1. The molecule has 0 radical (unpaired) electrons. The van der Waals surface area contributed by atoms with Crippen LogP contribution in [0.2, 0.25) is 0 Å². The second-order valence-electron chi connectivity index (χ2n) is 12.3. The number of imide groups is 1. The minimum absolute atomic E-state index is 0.0449. The van der Waals surface area contributed by atoms with Crippen LogP contribution < -0.4 is 0 Å². The number of carbonyl (C=O) groups excluding carboxylic acids is 5. The number of aliphatic hydroxyl groups is 1. The lowest BCUT2D eigenvalue weighted by molar-refractivity contribution is -0.158. The Labute approximate surface area is 298 Å². The summed E-state index contributed by atoms with van der Waals surface area (Å²) in [5.41, 5.74) is 2.80. The molecule has 3 aromatic rings. The van der Waals surface area contributed by atoms with E-state index < -0.39 is 47.9 Å². The van der Waals surface area contributed by atoms with Gasteiger partial charge in [-0.1, -0.05) is 90.5 Å². The van der Waals surface area contributed by atoms with Crippen LogP contribution in [0, 0.1) is 12.8 Å². The van der Waals surface area contributed by atoms with Crippen LogP contribution >= 0.6 is 0 Å². The van der Waals surface area contributed by atoms with E-state index in [0.29, 0.717) is 36.3 Å². The molecule has 0 bridgehead atoms. The lowest BCUT2D eigenvalue weighted by atomic mass is 9.87. The van der Waals surface area contributed by atoms with Gasteiger partial charge < -0.3 is 24.1 Å². The number of esters is 1. The molecule has 0 spiro atoms. The molecule has 11 nitrogen and oxygen atoms in total. The van der Waals surface area contributed by atoms with Crippen molar-refractivity contribution in [3.8, 4) is 0 Å². The van der Waals surface area contributed by atoms with Crippen LogP contribution in [-0.2, 0) is 44.5 Å². The van der Waals surface area contributed by atoms with Gasteiger partial charge in [0.05, 0.1) is 38.4 Å². The highest BCUT2D eigenvalue weighted by atomic mass is 16.6. The van der Waals surface area contributed by atoms with Crippen molar-refractivity contribution >= 4 is 35.1 Å². The number of rotatable bonds is 19. The molecule has 4 rings (SSSR count). The van der Waals surface area contributed by atoms with Gasteiger partial charge in [-0.2, -0.15) is 0 Å². The van der Waals surface area contributed by atoms with Crippen molar-refractivity contribution in [3.63, 3.8) is 0 Å². The van der Waals surface area contributed by atoms with E-state index in [1.54, 1.807) is 79.7 Å². The van der Waals surface area contributed by atoms with E-state index in [0.717, 1.165) is 23.5 Å². The van der Waals surface area contributed by atoms with Gasteiger partial charge in [0.1, 0.15) is 6.10 Å². The maximum Gasteiger partial charge on any atom is 0.417 e. The predicted molar refractivity (Wildman–Crippen MR) is 188 cm³/mol. The molecule has 1 N–H and O–H groups in total. The Morgan fingerprint density at radius 3 is 2.22 bits per heavy atom. The topological polar surface area (TPSA) is 146 Å². The van der Waals surface area contributed by atoms with E-state index in [1.165, 1.54) is 0 Å². The fourth-order valence-corrected chi connectivity index (χ4v) is 5.95. The van der Waals surface area contributed by atoms with Gasteiger partial charge in [0.2, 0.25) is 5.91 Å². The third-order valence-corrected chi connectivity index (χ3v) is 8.41. The van der Waals surface area contributed by atoms with Gasteiger partial charge in [-0.3, -0.25) is 19.2 Å². The molecule has 1 saturated heterocycles. The summed E-state index contributed by atoms with van der Waals surface area (Å²) < 4.78 is 22.0. The highest BCUT2D eigenvalue weighted by Crippen LogP contribution is 2.35. The third kappa shape index (κ3) is 11.0. The van der Waals surface area contributed by atoms with Crippen LogP contribution in [0.4, 0.5) is 4.79 Å². The predicted octanol–water partition coefficient (Wildman–Crippen LogP) is 5.22. The summed E-state index contributed by atoms with van der Waals surface area (Å²) in [7, 11) is 0. The minimum atomic E-state index is -1.67. The second kappa shape index (κ2) is 19.4. The van der Waals surface area contributed by atoms with Crippen molar-refractivity contribution in [2.75, 3.05) is 33.0 Å². The van der Waals surface area contributed by atoms with Crippen molar-refractivity contribution in [2.45, 2.75) is 58.3 Å². The zero-order chi connectivity index (χ0) is 36.8. The number of ketones is 2. The lowest BCUT2D eigenvalue weighted by Crippen LogP contribution is -2.49. The van der Waals surface area contributed by atoms with E-state index >= 15 is 0 Å². The van der Waals surface area contributed by atoms with E-state index in [9.17, 15) is 24.0 Å². The second-order valence-corrected chi connectivity index (χ2v) is 12.3. The Hall–Kier alpha value is -4.97. The quantitative estimate of drug-likeness (QED) is 0.100. The van der Waals surface area contributed by atoms with Crippen molar-refractivity contribution < 1.29 is 48.0 Å². The average molecular weight is 700 g/mol. The highest BCUT2D eigenvalue weighted by Gasteiger charge is 2.48. The zero-order valence-electron chi connectivity index (χ0n) is 29.2. The van der Waals surface area contributed by atoms with Crippen LogP contribution in [0.15, 0.2) is 91.0 Å². The average Bonchev–Trinajstić information content (AvgIpc) is 3.43. The monoisotopic (exact) mass is 699 g/mol. The molecule has 11 heteroatoms. The number of hydrogen-bond acceptors (Lipinski definition) is 10. The van der Waals surface area contributed by atoms with Crippen molar-refractivity contribution in [1.82, 2.24) is 4.90 Å². The fraction of sp³-hybridized carbons (Fsp3) is 0.375. The Bertz CT molecular complexity index is 1670. The number of benzene rings is 3. The molecule has 1 aliphatic heterocycles. The molecule has 270 valence electrons. The Kier molecular flexibility index (Phi) is 14.8. The molecular formula is C40H45NO10. The number of aliphatic hydroxyl groups excluding tert-OH is 1. The first-order valence-corrected chi connectivity index (χ1v) is 17.0. The molecule has 51 heavy (non-hydrogen) atoms. The molecule has 0 aliphatic carbocycles. The molecule has 4 unspecified atom stereocenters. The van der Waals surface area contributed by atoms with Crippen LogP contribution in [0.25, 0.3) is 5.57 Å². The number of carbonyl (C=O) groups is 5. The smallest absolute Gasteiger partial charge is 0.417 e. The Morgan fingerprint density at radius 1 is 0.902 bits per heavy atom. The fourth-order valence-electron chi connectivity index (χ4n) is 5.95. The first kappa shape index (κ1) is 38.8. The van der Waals surface area contributed by atoms with Gasteiger partial charge >= 0.3 is 12.1 Å². The summed E-state index contributed by atoms with van der Waals surface area (Å²) in [4.78, 5) is 69.3. The normalized spacial score (nSPS) is 17.1. The molecule has 4 atom stereocenters. The largest absolute Gasteiger partial charge is 0.453 e. The first-order chi connectivity index (χ1) is 24.6. The van der Waals surface area contributed by atoms with Crippen LogP contribution in [0.1, 0.15) is 55.0 Å². The number of amides is 2.